The van der Waals surface area contributed by atoms with Crippen LogP contribution in [0.5, 0.6) is 0 Å². The maximum atomic E-state index is 11.3. The lowest BCUT2D eigenvalue weighted by atomic mass is 9.84. The molecule has 0 radical (unpaired) electrons. The molecule has 4 heterocycles. The van der Waals surface area contributed by atoms with Crippen molar-refractivity contribution in [2.75, 3.05) is 32.1 Å². The summed E-state index contributed by atoms with van der Waals surface area (Å²) in [5.74, 6) is -2.13. The van der Waals surface area contributed by atoms with Crippen molar-refractivity contribution in [1.82, 2.24) is 19.5 Å². The van der Waals surface area contributed by atoms with Gasteiger partial charge in [0.15, 0.2) is 24.0 Å². The maximum absolute atomic E-state index is 11.3. The molecule has 2 aromatic heterocycles. The van der Waals surface area contributed by atoms with Crippen LogP contribution in [0.4, 0.5) is 5.82 Å². The number of unbranched alkanes of at least 4 members (excludes halogenated alkanes) is 2. The third-order valence-corrected chi connectivity index (χ3v) is 9.02. The fraction of sp³-hybridized carbons (Fsp3) is 0.815. The summed E-state index contributed by atoms with van der Waals surface area (Å²) in [6.07, 6.45) is -7.76. The predicted octanol–water partition coefficient (Wildman–Crippen LogP) is -5.54. The lowest BCUT2D eigenvalue weighted by molar-refractivity contribution is -0.371. The minimum atomic E-state index is -2.31. The number of aliphatic hydroxyl groups is 6. The molecule has 2 saturated heterocycles. The number of nitrogens with two attached hydrogens (primary N) is 5. The molecule has 3 fully saturated rings. The molecular weight excluding hydrogens is 626 g/mol. The number of anilines is 1. The summed E-state index contributed by atoms with van der Waals surface area (Å²) in [4.78, 5) is 12.2. The van der Waals surface area contributed by atoms with Crippen molar-refractivity contribution in [1.29, 1.82) is 0 Å². The van der Waals surface area contributed by atoms with Crippen molar-refractivity contribution in [3.63, 3.8) is 0 Å². The molecule has 266 valence electrons. The average Bonchev–Trinajstić information content (AvgIpc) is 3.60. The number of aromatic nitrogens is 4. The van der Waals surface area contributed by atoms with Gasteiger partial charge in [0, 0.05) is 25.2 Å². The van der Waals surface area contributed by atoms with Gasteiger partial charge in [0.25, 0.3) is 0 Å². The highest BCUT2D eigenvalue weighted by Gasteiger charge is 2.57. The van der Waals surface area contributed by atoms with Crippen LogP contribution in [0.15, 0.2) is 12.7 Å². The molecular formula is C27H47N9O11. The summed E-state index contributed by atoms with van der Waals surface area (Å²) >= 11 is 0. The van der Waals surface area contributed by atoms with Crippen LogP contribution in [-0.2, 0) is 23.7 Å². The van der Waals surface area contributed by atoms with Gasteiger partial charge in [-0.1, -0.05) is 0 Å². The molecule has 0 aromatic carbocycles. The number of nitrogen functional groups attached to an aromatic ring is 1. The van der Waals surface area contributed by atoms with Gasteiger partial charge in [-0.3, -0.25) is 4.57 Å². The molecule has 20 heteroatoms. The van der Waals surface area contributed by atoms with Crippen LogP contribution in [0, 0.1) is 0 Å². The molecule has 0 bridgehead atoms. The summed E-state index contributed by atoms with van der Waals surface area (Å²) < 4.78 is 30.2. The van der Waals surface area contributed by atoms with Crippen LogP contribution in [0.3, 0.4) is 0 Å². The second kappa shape index (κ2) is 15.1. The Balaban J connectivity index is 1.06. The Labute approximate surface area is 269 Å². The number of aliphatic hydroxyl groups excluding tert-OH is 5. The number of nitrogens with zero attached hydrogens (tertiary/aromatic N) is 4. The van der Waals surface area contributed by atoms with Gasteiger partial charge in [-0.15, -0.1) is 0 Å². The Kier molecular flexibility index (Phi) is 11.6. The van der Waals surface area contributed by atoms with E-state index < -0.39 is 85.3 Å². The second-order valence-corrected chi connectivity index (χ2v) is 12.3. The van der Waals surface area contributed by atoms with Gasteiger partial charge in [0.1, 0.15) is 60.6 Å². The quantitative estimate of drug-likeness (QED) is 0.0697. The Bertz CT molecular complexity index is 1310. The molecule has 1 aliphatic carbocycles. The molecule has 3 aliphatic rings. The van der Waals surface area contributed by atoms with Gasteiger partial charge in [-0.25, -0.2) is 15.0 Å². The van der Waals surface area contributed by atoms with Crippen molar-refractivity contribution >= 4 is 17.0 Å². The zero-order chi connectivity index (χ0) is 34.0. The van der Waals surface area contributed by atoms with Crippen molar-refractivity contribution in [3.05, 3.63) is 12.7 Å². The number of rotatable bonds is 13. The van der Waals surface area contributed by atoms with Crippen molar-refractivity contribution in [3.8, 4) is 0 Å². The van der Waals surface area contributed by atoms with Gasteiger partial charge in [0.05, 0.1) is 25.6 Å². The van der Waals surface area contributed by atoms with Crippen LogP contribution in [0.25, 0.3) is 11.2 Å². The minimum Gasteiger partial charge on any atom is -0.389 e. The minimum absolute atomic E-state index is 0.00430. The number of imidazole rings is 1. The van der Waals surface area contributed by atoms with Crippen LogP contribution in [0.1, 0.15) is 31.9 Å². The smallest absolute Gasteiger partial charge is 0.215 e. The summed E-state index contributed by atoms with van der Waals surface area (Å²) in [6.45, 7) is 0.105. The molecule has 5 rings (SSSR count). The van der Waals surface area contributed by atoms with E-state index in [4.69, 9.17) is 52.4 Å². The molecule has 0 spiro atoms. The van der Waals surface area contributed by atoms with Crippen molar-refractivity contribution < 1.29 is 54.3 Å². The lowest BCUT2D eigenvalue weighted by Gasteiger charge is -2.50. The molecule has 47 heavy (non-hydrogen) atoms. The van der Waals surface area contributed by atoms with Gasteiger partial charge in [0.2, 0.25) is 5.79 Å². The SMILES string of the molecule is NC[C@H]1O[C@H](O[C@@H]2[C@@H](O)[C@H](O)[C@@H](N)C[C@H]2N)[C@H](N)[C@](O)(OCCCCCOC[C@H]2O[C@@H](n3cnc4c(N)ncnc43)[C@H](O)[C@@H]2O)[C@@H]1O. The van der Waals surface area contributed by atoms with Gasteiger partial charge >= 0.3 is 0 Å². The van der Waals surface area contributed by atoms with Crippen LogP contribution >= 0.6 is 0 Å². The molecule has 16 N–H and O–H groups in total. The third-order valence-electron chi connectivity index (χ3n) is 9.02. The zero-order valence-corrected chi connectivity index (χ0v) is 25.7. The van der Waals surface area contributed by atoms with Crippen LogP contribution < -0.4 is 28.7 Å². The van der Waals surface area contributed by atoms with E-state index in [0.717, 1.165) is 0 Å². The van der Waals surface area contributed by atoms with Crippen LogP contribution in [0.2, 0.25) is 0 Å². The van der Waals surface area contributed by atoms with Crippen molar-refractivity contribution in [2.45, 2.75) is 111 Å². The highest BCUT2D eigenvalue weighted by Crippen LogP contribution is 2.34. The molecule has 1 saturated carbocycles. The van der Waals surface area contributed by atoms with E-state index in [2.05, 4.69) is 15.0 Å². The van der Waals surface area contributed by atoms with Gasteiger partial charge in [-0.05, 0) is 25.7 Å². The Morgan fingerprint density at radius 2 is 1.64 bits per heavy atom. The summed E-state index contributed by atoms with van der Waals surface area (Å²) in [5.41, 5.74) is 30.5. The second-order valence-electron chi connectivity index (χ2n) is 12.3. The first-order chi connectivity index (χ1) is 22.4. The van der Waals surface area contributed by atoms with E-state index in [1.54, 1.807) is 0 Å². The van der Waals surface area contributed by atoms with E-state index in [0.29, 0.717) is 37.0 Å². The third kappa shape index (κ3) is 7.22. The largest absolute Gasteiger partial charge is 0.389 e. The van der Waals surface area contributed by atoms with E-state index in [9.17, 15) is 30.6 Å². The summed E-state index contributed by atoms with van der Waals surface area (Å²) in [6, 6.07) is -2.95. The highest BCUT2D eigenvalue weighted by atomic mass is 16.7. The normalized spacial score (nSPS) is 41.1. The number of ether oxygens (including phenoxy) is 5. The van der Waals surface area contributed by atoms with E-state index >= 15 is 0 Å². The first-order valence-corrected chi connectivity index (χ1v) is 15.6. The fourth-order valence-corrected chi connectivity index (χ4v) is 6.17. The van der Waals surface area contributed by atoms with E-state index in [1.165, 1.54) is 17.2 Å². The van der Waals surface area contributed by atoms with Crippen molar-refractivity contribution in [2.24, 2.45) is 22.9 Å². The first kappa shape index (κ1) is 36.0. The Morgan fingerprint density at radius 1 is 0.894 bits per heavy atom. The average molecular weight is 674 g/mol. The molecule has 20 nitrogen and oxygen atoms in total. The zero-order valence-electron chi connectivity index (χ0n) is 25.7. The number of hydrogen-bond donors (Lipinski definition) is 11. The monoisotopic (exact) mass is 673 g/mol. The predicted molar refractivity (Wildman–Crippen MR) is 160 cm³/mol. The summed E-state index contributed by atoms with van der Waals surface area (Å²) in [7, 11) is 0. The molecule has 2 aromatic rings. The molecule has 14 atom stereocenters. The topological polar surface area (TPSA) is 341 Å². The van der Waals surface area contributed by atoms with E-state index in [1.807, 2.05) is 0 Å². The Hall–Kier alpha value is -2.25. The standard InChI is InChI=1S/C27H47N9O11/c28-7-13-22(41)27(42,21(31)26(46-13)47-20-12(30)6-11(29)16(37)18(20)39)44-5-3-1-2-4-43-8-14-17(38)19(40)25(45-14)36-10-35-15-23(32)33-9-34-24(15)36/h9-14,16-22,25-26,37-42H,1-8,28-31H2,(H2,32,33,34)/t11-,12+,13+,14+,16+,17+,18-,19+,20-,21-,22+,25+,26+,27-/m0/s1. The van der Waals surface area contributed by atoms with E-state index in [-0.39, 0.29) is 32.0 Å². The first-order valence-electron chi connectivity index (χ1n) is 15.6. The van der Waals surface area contributed by atoms with Gasteiger partial charge < -0.3 is 83.0 Å². The lowest BCUT2D eigenvalue weighted by Crippen LogP contribution is -2.73. The van der Waals surface area contributed by atoms with Gasteiger partial charge in [-0.2, -0.15) is 0 Å². The fourth-order valence-electron chi connectivity index (χ4n) is 6.17. The summed E-state index contributed by atoms with van der Waals surface area (Å²) in [5, 5.41) is 63.9. The number of hydrogen-bond acceptors (Lipinski definition) is 19. The van der Waals surface area contributed by atoms with Crippen LogP contribution in [-0.4, -0.2) is 156 Å². The number of fused-ring (bicyclic) bond motifs is 1. The molecule has 0 unspecified atom stereocenters. The highest BCUT2D eigenvalue weighted by molar-refractivity contribution is 5.81. The molecule has 2 aliphatic heterocycles. The Morgan fingerprint density at radius 3 is 2.38 bits per heavy atom. The molecule has 0 amide bonds. The maximum Gasteiger partial charge on any atom is 0.215 e.